The van der Waals surface area contributed by atoms with E-state index in [1.54, 1.807) is 13.2 Å². The van der Waals surface area contributed by atoms with E-state index in [1.165, 1.54) is 51.9 Å². The SMILES string of the molecule is COc1ccc(C(C)C)c(N2C(=O)CS/C2=N\C(=O)NCCCc2cccc(-c3ncn(-c4ccc(OC(F)(F)F)cc4)n3)c2)c1. The number of benzene rings is 3. The van der Waals surface area contributed by atoms with Crippen molar-refractivity contribution < 1.29 is 32.2 Å². The maximum atomic E-state index is 12.8. The third-order valence-corrected chi connectivity index (χ3v) is 7.92. The van der Waals surface area contributed by atoms with Gasteiger partial charge in [-0.15, -0.1) is 18.3 Å². The number of halogens is 3. The summed E-state index contributed by atoms with van der Waals surface area (Å²) in [7, 11) is 1.56. The number of nitrogens with one attached hydrogen (secondary N) is 1. The number of aromatic nitrogens is 3. The van der Waals surface area contributed by atoms with Gasteiger partial charge >= 0.3 is 12.4 Å². The van der Waals surface area contributed by atoms with Crippen LogP contribution in [-0.4, -0.2) is 57.6 Å². The molecule has 1 N–H and O–H groups in total. The standard InChI is InChI=1S/C32H31F3N6O4S/c1-20(2)26-14-13-25(44-3)17-27(26)41-28(42)18-46-31(41)38-30(43)36-15-5-7-21-6-4-8-22(16-21)29-37-19-40(39-29)23-9-11-24(12-10-23)45-32(33,34)35/h4,6,8-14,16-17,19-20H,5,7,15,18H2,1-3H3,(H,36,43)/b38-31-. The molecule has 240 valence electrons. The summed E-state index contributed by atoms with van der Waals surface area (Å²) in [6.45, 7) is 4.43. The number of urea groups is 1. The fourth-order valence-electron chi connectivity index (χ4n) is 4.81. The van der Waals surface area contributed by atoms with E-state index >= 15 is 0 Å². The van der Waals surface area contributed by atoms with Gasteiger partial charge in [0.25, 0.3) is 0 Å². The number of hydrogen-bond donors (Lipinski definition) is 1. The van der Waals surface area contributed by atoms with Crippen LogP contribution < -0.4 is 19.7 Å². The average Bonchev–Trinajstić information content (AvgIpc) is 3.66. The van der Waals surface area contributed by atoms with Crippen molar-refractivity contribution in [1.82, 2.24) is 20.1 Å². The van der Waals surface area contributed by atoms with Gasteiger partial charge in [0.2, 0.25) is 5.91 Å². The summed E-state index contributed by atoms with van der Waals surface area (Å²) in [5.41, 5.74) is 3.90. The molecule has 4 aromatic rings. The van der Waals surface area contributed by atoms with Gasteiger partial charge in [0, 0.05) is 18.2 Å². The van der Waals surface area contributed by atoms with Crippen molar-refractivity contribution in [3.63, 3.8) is 0 Å². The number of aryl methyl sites for hydroxylation is 1. The van der Waals surface area contributed by atoms with E-state index < -0.39 is 12.4 Å². The zero-order valence-electron chi connectivity index (χ0n) is 25.2. The lowest BCUT2D eigenvalue weighted by atomic mass is 10.00. The molecule has 1 aliphatic rings. The van der Waals surface area contributed by atoms with Crippen molar-refractivity contribution in [3.8, 4) is 28.6 Å². The van der Waals surface area contributed by atoms with E-state index in [2.05, 4.69) is 25.1 Å². The second-order valence-electron chi connectivity index (χ2n) is 10.6. The minimum atomic E-state index is -4.76. The Kier molecular flexibility index (Phi) is 9.95. The molecule has 3 aromatic carbocycles. The molecule has 0 atom stereocenters. The highest BCUT2D eigenvalue weighted by Crippen LogP contribution is 2.36. The number of aliphatic imine (C=N–C) groups is 1. The fraction of sp³-hybridized carbons (Fsp3) is 0.281. The third kappa shape index (κ3) is 8.05. The van der Waals surface area contributed by atoms with Crippen LogP contribution in [-0.2, 0) is 11.2 Å². The van der Waals surface area contributed by atoms with E-state index in [4.69, 9.17) is 4.74 Å². The molecule has 0 unspecified atom stereocenters. The van der Waals surface area contributed by atoms with Gasteiger partial charge in [-0.1, -0.05) is 49.9 Å². The number of anilines is 1. The molecule has 2 heterocycles. The number of carbonyl (C=O) groups excluding carboxylic acids is 2. The van der Waals surface area contributed by atoms with Crippen molar-refractivity contribution in [1.29, 1.82) is 0 Å². The lowest BCUT2D eigenvalue weighted by molar-refractivity contribution is -0.274. The van der Waals surface area contributed by atoms with E-state index in [9.17, 15) is 22.8 Å². The number of hydrogen-bond acceptors (Lipinski definition) is 7. The predicted octanol–water partition coefficient (Wildman–Crippen LogP) is 6.74. The van der Waals surface area contributed by atoms with E-state index in [1.807, 2.05) is 50.2 Å². The van der Waals surface area contributed by atoms with Crippen LogP contribution in [0.4, 0.5) is 23.7 Å². The third-order valence-electron chi connectivity index (χ3n) is 6.99. The van der Waals surface area contributed by atoms with Gasteiger partial charge in [-0.2, -0.15) is 4.99 Å². The Bertz CT molecular complexity index is 1740. The zero-order valence-corrected chi connectivity index (χ0v) is 26.1. The van der Waals surface area contributed by atoms with E-state index in [-0.39, 0.29) is 23.3 Å². The molecule has 0 saturated carbocycles. The molecule has 0 spiro atoms. The van der Waals surface area contributed by atoms with Gasteiger partial charge in [0.1, 0.15) is 17.8 Å². The van der Waals surface area contributed by atoms with Gasteiger partial charge in [0.15, 0.2) is 11.0 Å². The topological polar surface area (TPSA) is 111 Å². The van der Waals surface area contributed by atoms with Crippen LogP contribution in [0.2, 0.25) is 0 Å². The molecule has 14 heteroatoms. The first-order chi connectivity index (χ1) is 22.0. The smallest absolute Gasteiger partial charge is 0.497 e. The van der Waals surface area contributed by atoms with Crippen molar-refractivity contribution in [2.45, 2.75) is 39.0 Å². The first-order valence-corrected chi connectivity index (χ1v) is 15.4. The van der Waals surface area contributed by atoms with Gasteiger partial charge in [-0.3, -0.25) is 9.69 Å². The Balaban J connectivity index is 1.17. The van der Waals surface area contributed by atoms with Crippen molar-refractivity contribution in [2.75, 3.05) is 24.3 Å². The molecule has 1 fully saturated rings. The number of rotatable bonds is 10. The summed E-state index contributed by atoms with van der Waals surface area (Å²) in [5.74, 6) is 0.908. The molecule has 0 bridgehead atoms. The minimum absolute atomic E-state index is 0.141. The van der Waals surface area contributed by atoms with Crippen LogP contribution in [0.3, 0.4) is 0 Å². The molecule has 0 aliphatic carbocycles. The number of ether oxygens (including phenoxy) is 2. The highest BCUT2D eigenvalue weighted by Gasteiger charge is 2.33. The number of amides is 3. The minimum Gasteiger partial charge on any atom is -0.497 e. The Morgan fingerprint density at radius 2 is 1.85 bits per heavy atom. The first-order valence-electron chi connectivity index (χ1n) is 14.4. The molecule has 5 rings (SSSR count). The normalized spacial score (nSPS) is 14.3. The lowest BCUT2D eigenvalue weighted by Gasteiger charge is -2.22. The predicted molar refractivity (Wildman–Crippen MR) is 170 cm³/mol. The van der Waals surface area contributed by atoms with Crippen LogP contribution in [0.1, 0.15) is 37.3 Å². The van der Waals surface area contributed by atoms with Crippen molar-refractivity contribution in [2.24, 2.45) is 4.99 Å². The molecule has 1 saturated heterocycles. The van der Waals surface area contributed by atoms with Crippen molar-refractivity contribution in [3.05, 3.63) is 84.2 Å². The summed E-state index contributed by atoms with van der Waals surface area (Å²) in [6.07, 6.45) is -1.99. The fourth-order valence-corrected chi connectivity index (χ4v) is 5.67. The van der Waals surface area contributed by atoms with E-state index in [0.29, 0.717) is 47.5 Å². The summed E-state index contributed by atoms with van der Waals surface area (Å²) >= 11 is 1.22. The Hall–Kier alpha value is -4.85. The largest absolute Gasteiger partial charge is 0.573 e. The average molecular weight is 653 g/mol. The molecule has 0 radical (unpaired) electrons. The number of alkyl halides is 3. The Labute approximate surface area is 267 Å². The number of thioether (sulfide) groups is 1. The second kappa shape index (κ2) is 14.1. The number of methoxy groups -OCH3 is 1. The van der Waals surface area contributed by atoms with Gasteiger partial charge in [0.05, 0.1) is 24.2 Å². The monoisotopic (exact) mass is 652 g/mol. The molecule has 10 nitrogen and oxygen atoms in total. The highest BCUT2D eigenvalue weighted by atomic mass is 32.2. The molecule has 1 aromatic heterocycles. The van der Waals surface area contributed by atoms with Gasteiger partial charge in [-0.05, 0) is 66.3 Å². The van der Waals surface area contributed by atoms with Gasteiger partial charge in [-0.25, -0.2) is 14.5 Å². The lowest BCUT2D eigenvalue weighted by Crippen LogP contribution is -2.32. The highest BCUT2D eigenvalue weighted by molar-refractivity contribution is 8.15. The van der Waals surface area contributed by atoms with E-state index in [0.717, 1.165) is 16.7 Å². The van der Waals surface area contributed by atoms with Crippen LogP contribution in [0.5, 0.6) is 11.5 Å². The molecule has 46 heavy (non-hydrogen) atoms. The summed E-state index contributed by atoms with van der Waals surface area (Å²) in [4.78, 5) is 35.6. The maximum absolute atomic E-state index is 12.8. The van der Waals surface area contributed by atoms with Crippen LogP contribution in [0.25, 0.3) is 17.1 Å². The zero-order chi connectivity index (χ0) is 32.8. The quantitative estimate of drug-likeness (QED) is 0.189. The Morgan fingerprint density at radius 3 is 2.57 bits per heavy atom. The summed E-state index contributed by atoms with van der Waals surface area (Å²) < 4.78 is 48.1. The summed E-state index contributed by atoms with van der Waals surface area (Å²) in [5, 5.41) is 7.59. The summed E-state index contributed by atoms with van der Waals surface area (Å²) in [6, 6.07) is 18.0. The maximum Gasteiger partial charge on any atom is 0.573 e. The number of nitrogens with zero attached hydrogens (tertiary/aromatic N) is 5. The van der Waals surface area contributed by atoms with Crippen LogP contribution in [0, 0.1) is 0 Å². The van der Waals surface area contributed by atoms with Crippen LogP contribution in [0.15, 0.2) is 78.0 Å². The molecular weight excluding hydrogens is 621 g/mol. The van der Waals surface area contributed by atoms with Gasteiger partial charge < -0.3 is 14.8 Å². The molecule has 3 amide bonds. The number of amidine groups is 1. The Morgan fingerprint density at radius 1 is 1.09 bits per heavy atom. The second-order valence-corrected chi connectivity index (χ2v) is 11.5. The number of carbonyl (C=O) groups is 2. The molecule has 1 aliphatic heterocycles. The van der Waals surface area contributed by atoms with Crippen molar-refractivity contribution >= 4 is 34.6 Å². The van der Waals surface area contributed by atoms with Crippen LogP contribution >= 0.6 is 11.8 Å². The molecular formula is C32H31F3N6O4S. The first kappa shape index (κ1) is 32.5.